The lowest BCUT2D eigenvalue weighted by Crippen LogP contribution is -2.33. The lowest BCUT2D eigenvalue weighted by molar-refractivity contribution is 0.170. The first-order chi connectivity index (χ1) is 9.67. The Morgan fingerprint density at radius 2 is 2.15 bits per heavy atom. The van der Waals surface area contributed by atoms with E-state index in [9.17, 15) is 0 Å². The fourth-order valence-electron chi connectivity index (χ4n) is 3.45. The SMILES string of the molecule is CCNC(c1cccnc1OC)C1CCC(C)C(C)C1. The molecule has 4 atom stereocenters. The van der Waals surface area contributed by atoms with Gasteiger partial charge in [-0.05, 0) is 43.2 Å². The Bertz CT molecular complexity index is 421. The molecule has 20 heavy (non-hydrogen) atoms. The lowest BCUT2D eigenvalue weighted by atomic mass is 9.72. The van der Waals surface area contributed by atoms with Crippen molar-refractivity contribution < 1.29 is 4.74 Å². The maximum absolute atomic E-state index is 5.46. The summed E-state index contributed by atoms with van der Waals surface area (Å²) in [5.41, 5.74) is 1.21. The Morgan fingerprint density at radius 1 is 1.35 bits per heavy atom. The monoisotopic (exact) mass is 276 g/mol. The molecule has 1 fully saturated rings. The predicted molar refractivity (Wildman–Crippen MR) is 82.9 cm³/mol. The summed E-state index contributed by atoms with van der Waals surface area (Å²) in [6.07, 6.45) is 5.71. The third-order valence-electron chi connectivity index (χ3n) is 4.86. The molecule has 1 aliphatic rings. The Kier molecular flexibility index (Phi) is 5.41. The van der Waals surface area contributed by atoms with Gasteiger partial charge in [-0.2, -0.15) is 0 Å². The van der Waals surface area contributed by atoms with Crippen molar-refractivity contribution >= 4 is 0 Å². The first-order valence-corrected chi connectivity index (χ1v) is 7.89. The van der Waals surface area contributed by atoms with Crippen LogP contribution in [0.2, 0.25) is 0 Å². The van der Waals surface area contributed by atoms with Gasteiger partial charge in [0.15, 0.2) is 0 Å². The molecule has 1 aliphatic carbocycles. The van der Waals surface area contributed by atoms with E-state index in [1.54, 1.807) is 13.3 Å². The third-order valence-corrected chi connectivity index (χ3v) is 4.86. The molecule has 2 rings (SSSR count). The Labute approximate surface area is 123 Å². The largest absolute Gasteiger partial charge is 0.481 e. The zero-order chi connectivity index (χ0) is 14.5. The van der Waals surface area contributed by atoms with Crippen LogP contribution in [-0.2, 0) is 0 Å². The summed E-state index contributed by atoms with van der Waals surface area (Å²) in [6, 6.07) is 4.53. The van der Waals surface area contributed by atoms with E-state index in [4.69, 9.17) is 4.74 Å². The fourth-order valence-corrected chi connectivity index (χ4v) is 3.45. The molecule has 1 aromatic rings. The second-order valence-electron chi connectivity index (χ2n) is 6.16. The molecular formula is C17H28N2O. The smallest absolute Gasteiger partial charge is 0.217 e. The van der Waals surface area contributed by atoms with Crippen LogP contribution in [0.4, 0.5) is 0 Å². The van der Waals surface area contributed by atoms with E-state index < -0.39 is 0 Å². The number of hydrogen-bond acceptors (Lipinski definition) is 3. The van der Waals surface area contributed by atoms with Crippen molar-refractivity contribution in [3.8, 4) is 5.88 Å². The normalized spacial score (nSPS) is 28.1. The summed E-state index contributed by atoms with van der Waals surface area (Å²) >= 11 is 0. The summed E-state index contributed by atoms with van der Waals surface area (Å²) < 4.78 is 5.46. The molecule has 0 amide bonds. The van der Waals surface area contributed by atoms with Crippen LogP contribution in [0.5, 0.6) is 5.88 Å². The summed E-state index contributed by atoms with van der Waals surface area (Å²) in [7, 11) is 1.71. The molecule has 0 spiro atoms. The van der Waals surface area contributed by atoms with E-state index in [1.165, 1.54) is 24.8 Å². The van der Waals surface area contributed by atoms with Crippen LogP contribution in [0.25, 0.3) is 0 Å². The molecule has 4 unspecified atom stereocenters. The highest BCUT2D eigenvalue weighted by Crippen LogP contribution is 2.41. The molecular weight excluding hydrogens is 248 g/mol. The van der Waals surface area contributed by atoms with Gasteiger partial charge in [0, 0.05) is 17.8 Å². The van der Waals surface area contributed by atoms with Gasteiger partial charge < -0.3 is 10.1 Å². The van der Waals surface area contributed by atoms with Gasteiger partial charge in [0.1, 0.15) is 0 Å². The van der Waals surface area contributed by atoms with Gasteiger partial charge in [-0.3, -0.25) is 0 Å². The van der Waals surface area contributed by atoms with Crippen molar-refractivity contribution in [2.24, 2.45) is 17.8 Å². The van der Waals surface area contributed by atoms with Crippen LogP contribution < -0.4 is 10.1 Å². The number of hydrogen-bond donors (Lipinski definition) is 1. The maximum Gasteiger partial charge on any atom is 0.217 e. The summed E-state index contributed by atoms with van der Waals surface area (Å²) in [5, 5.41) is 3.66. The van der Waals surface area contributed by atoms with Gasteiger partial charge in [0.2, 0.25) is 5.88 Å². The molecule has 112 valence electrons. The molecule has 1 saturated carbocycles. The zero-order valence-electron chi connectivity index (χ0n) is 13.2. The van der Waals surface area contributed by atoms with Gasteiger partial charge in [0.05, 0.1) is 7.11 Å². The van der Waals surface area contributed by atoms with Crippen LogP contribution in [0.1, 0.15) is 51.6 Å². The number of rotatable bonds is 5. The Balaban J connectivity index is 2.22. The van der Waals surface area contributed by atoms with E-state index in [-0.39, 0.29) is 0 Å². The molecule has 0 bridgehead atoms. The van der Waals surface area contributed by atoms with Crippen LogP contribution >= 0.6 is 0 Å². The fraction of sp³-hybridized carbons (Fsp3) is 0.706. The molecule has 0 aromatic carbocycles. The van der Waals surface area contributed by atoms with Crippen molar-refractivity contribution in [1.82, 2.24) is 10.3 Å². The molecule has 1 aromatic heterocycles. The molecule has 1 N–H and O–H groups in total. The highest BCUT2D eigenvalue weighted by atomic mass is 16.5. The van der Waals surface area contributed by atoms with Crippen molar-refractivity contribution in [2.75, 3.05) is 13.7 Å². The standard InChI is InChI=1S/C17H28N2O/c1-5-18-16(14-9-8-12(2)13(3)11-14)15-7-6-10-19-17(15)20-4/h6-7,10,12-14,16,18H,5,8-9,11H2,1-4H3. The van der Waals surface area contributed by atoms with Crippen molar-refractivity contribution in [1.29, 1.82) is 0 Å². The van der Waals surface area contributed by atoms with Gasteiger partial charge >= 0.3 is 0 Å². The number of ether oxygens (including phenoxy) is 1. The van der Waals surface area contributed by atoms with E-state index in [2.05, 4.69) is 37.1 Å². The average molecular weight is 276 g/mol. The van der Waals surface area contributed by atoms with E-state index in [1.807, 2.05) is 6.07 Å². The minimum Gasteiger partial charge on any atom is -0.481 e. The number of nitrogens with one attached hydrogen (secondary N) is 1. The molecule has 0 saturated heterocycles. The minimum atomic E-state index is 0.360. The maximum atomic E-state index is 5.46. The van der Waals surface area contributed by atoms with Crippen LogP contribution in [-0.4, -0.2) is 18.6 Å². The summed E-state index contributed by atoms with van der Waals surface area (Å²) in [4.78, 5) is 4.37. The molecule has 1 heterocycles. The number of nitrogens with zero attached hydrogens (tertiary/aromatic N) is 1. The lowest BCUT2D eigenvalue weighted by Gasteiger charge is -2.37. The first kappa shape index (κ1) is 15.3. The van der Waals surface area contributed by atoms with Gasteiger partial charge in [0.25, 0.3) is 0 Å². The zero-order valence-corrected chi connectivity index (χ0v) is 13.2. The van der Waals surface area contributed by atoms with Crippen LogP contribution in [0.15, 0.2) is 18.3 Å². The molecule has 0 radical (unpaired) electrons. The predicted octanol–water partition coefficient (Wildman–Crippen LogP) is 3.81. The van der Waals surface area contributed by atoms with Crippen LogP contribution in [0.3, 0.4) is 0 Å². The topological polar surface area (TPSA) is 34.2 Å². The summed E-state index contributed by atoms with van der Waals surface area (Å²) in [5.74, 6) is 3.10. The van der Waals surface area contributed by atoms with Gasteiger partial charge in [-0.25, -0.2) is 4.98 Å². The van der Waals surface area contributed by atoms with E-state index in [0.29, 0.717) is 12.0 Å². The van der Waals surface area contributed by atoms with Gasteiger partial charge in [-0.1, -0.05) is 33.3 Å². The highest BCUT2D eigenvalue weighted by Gasteiger charge is 2.32. The number of methoxy groups -OCH3 is 1. The first-order valence-electron chi connectivity index (χ1n) is 7.89. The summed E-state index contributed by atoms with van der Waals surface area (Å²) in [6.45, 7) is 7.92. The van der Waals surface area contributed by atoms with Crippen LogP contribution in [0, 0.1) is 17.8 Å². The van der Waals surface area contributed by atoms with Crippen molar-refractivity contribution in [3.63, 3.8) is 0 Å². The Morgan fingerprint density at radius 3 is 2.80 bits per heavy atom. The average Bonchev–Trinajstić information content (AvgIpc) is 2.48. The van der Waals surface area contributed by atoms with Crippen molar-refractivity contribution in [2.45, 2.75) is 46.1 Å². The Hall–Kier alpha value is -1.09. The molecule has 0 aliphatic heterocycles. The number of pyridine rings is 1. The highest BCUT2D eigenvalue weighted by molar-refractivity contribution is 5.29. The van der Waals surface area contributed by atoms with E-state index >= 15 is 0 Å². The minimum absolute atomic E-state index is 0.360. The second-order valence-corrected chi connectivity index (χ2v) is 6.16. The van der Waals surface area contributed by atoms with Gasteiger partial charge in [-0.15, -0.1) is 0 Å². The molecule has 3 heteroatoms. The third kappa shape index (κ3) is 3.32. The number of aromatic nitrogens is 1. The quantitative estimate of drug-likeness (QED) is 0.888. The second kappa shape index (κ2) is 7.07. The van der Waals surface area contributed by atoms with E-state index in [0.717, 1.165) is 24.3 Å². The van der Waals surface area contributed by atoms with Crippen molar-refractivity contribution in [3.05, 3.63) is 23.9 Å². The molecule has 3 nitrogen and oxygen atoms in total.